The van der Waals surface area contributed by atoms with Gasteiger partial charge in [0.15, 0.2) is 11.5 Å². The van der Waals surface area contributed by atoms with Crippen molar-refractivity contribution >= 4 is 23.2 Å². The van der Waals surface area contributed by atoms with Crippen molar-refractivity contribution in [3.05, 3.63) is 48.0 Å². The van der Waals surface area contributed by atoms with Gasteiger partial charge in [0.2, 0.25) is 11.8 Å². The lowest BCUT2D eigenvalue weighted by atomic mass is 10.2. The lowest BCUT2D eigenvalue weighted by molar-refractivity contribution is -0.114. The van der Waals surface area contributed by atoms with E-state index in [1.807, 2.05) is 0 Å². The highest BCUT2D eigenvalue weighted by Gasteiger charge is 2.10. The number of hydrogen-bond donors (Lipinski definition) is 3. The number of ether oxygens (including phenoxy) is 1. The summed E-state index contributed by atoms with van der Waals surface area (Å²) in [6, 6.07) is 11.4. The second kappa shape index (κ2) is 5.96. The molecule has 0 heterocycles. The molecule has 6 heteroatoms. The SMILES string of the molecule is CC(=O)Nc1ccccc1Oc1cc(C(N)=O)ccc1N. The molecule has 2 rings (SSSR count). The second-order valence-electron chi connectivity index (χ2n) is 4.40. The zero-order valence-electron chi connectivity index (χ0n) is 11.4. The molecule has 0 saturated carbocycles. The molecule has 0 aliphatic carbocycles. The third-order valence-electron chi connectivity index (χ3n) is 2.72. The summed E-state index contributed by atoms with van der Waals surface area (Å²) in [5.41, 5.74) is 12.2. The average molecular weight is 285 g/mol. The largest absolute Gasteiger partial charge is 0.453 e. The number of para-hydroxylation sites is 2. The highest BCUT2D eigenvalue weighted by atomic mass is 16.5. The molecule has 2 amide bonds. The zero-order chi connectivity index (χ0) is 15.4. The van der Waals surface area contributed by atoms with E-state index < -0.39 is 5.91 Å². The van der Waals surface area contributed by atoms with Crippen LogP contribution >= 0.6 is 0 Å². The average Bonchev–Trinajstić information content (AvgIpc) is 2.42. The summed E-state index contributed by atoms with van der Waals surface area (Å²) in [6.45, 7) is 1.40. The van der Waals surface area contributed by atoms with E-state index in [0.717, 1.165) is 0 Å². The van der Waals surface area contributed by atoms with Crippen molar-refractivity contribution in [2.45, 2.75) is 6.92 Å². The van der Waals surface area contributed by atoms with E-state index in [1.165, 1.54) is 25.1 Å². The summed E-state index contributed by atoms with van der Waals surface area (Å²) in [5.74, 6) is -0.0787. The Bertz CT molecular complexity index is 698. The van der Waals surface area contributed by atoms with Crippen LogP contribution in [0.25, 0.3) is 0 Å². The molecule has 0 atom stereocenters. The van der Waals surface area contributed by atoms with Gasteiger partial charge in [-0.1, -0.05) is 12.1 Å². The van der Waals surface area contributed by atoms with Crippen LogP contribution in [0.15, 0.2) is 42.5 Å². The number of primary amides is 1. The van der Waals surface area contributed by atoms with Crippen molar-refractivity contribution < 1.29 is 14.3 Å². The van der Waals surface area contributed by atoms with Gasteiger partial charge in [0, 0.05) is 12.5 Å². The molecule has 0 saturated heterocycles. The molecule has 21 heavy (non-hydrogen) atoms. The van der Waals surface area contributed by atoms with Crippen LogP contribution in [0.1, 0.15) is 17.3 Å². The lowest BCUT2D eigenvalue weighted by Gasteiger charge is -2.13. The van der Waals surface area contributed by atoms with Crippen LogP contribution in [-0.4, -0.2) is 11.8 Å². The quantitative estimate of drug-likeness (QED) is 0.748. The van der Waals surface area contributed by atoms with Crippen LogP contribution in [0.4, 0.5) is 11.4 Å². The number of anilines is 2. The molecule has 0 unspecified atom stereocenters. The van der Waals surface area contributed by atoms with E-state index >= 15 is 0 Å². The zero-order valence-corrected chi connectivity index (χ0v) is 11.4. The first-order valence-electron chi connectivity index (χ1n) is 6.21. The lowest BCUT2D eigenvalue weighted by Crippen LogP contribution is -2.11. The predicted octanol–water partition coefficient (Wildman–Crippen LogP) is 2.12. The summed E-state index contributed by atoms with van der Waals surface area (Å²) in [7, 11) is 0. The van der Waals surface area contributed by atoms with Crippen LogP contribution in [0.3, 0.4) is 0 Å². The first-order valence-corrected chi connectivity index (χ1v) is 6.21. The Kier molecular flexibility index (Phi) is 4.08. The minimum absolute atomic E-state index is 0.218. The van der Waals surface area contributed by atoms with Gasteiger partial charge in [-0.05, 0) is 30.3 Å². The topological polar surface area (TPSA) is 107 Å². The maximum absolute atomic E-state index is 11.2. The predicted molar refractivity (Wildman–Crippen MR) is 80.2 cm³/mol. The molecular weight excluding hydrogens is 270 g/mol. The summed E-state index contributed by atoms with van der Waals surface area (Å²) in [6.07, 6.45) is 0. The molecule has 0 bridgehead atoms. The van der Waals surface area contributed by atoms with Crippen molar-refractivity contribution in [1.29, 1.82) is 0 Å². The maximum atomic E-state index is 11.2. The number of amides is 2. The van der Waals surface area contributed by atoms with Crippen LogP contribution in [0.2, 0.25) is 0 Å². The summed E-state index contributed by atoms with van der Waals surface area (Å²) in [5, 5.41) is 2.65. The number of nitrogen functional groups attached to an aromatic ring is 1. The molecule has 5 N–H and O–H groups in total. The van der Waals surface area contributed by atoms with Gasteiger partial charge in [-0.25, -0.2) is 0 Å². The molecule has 0 fully saturated rings. The molecule has 108 valence electrons. The van der Waals surface area contributed by atoms with E-state index in [1.54, 1.807) is 24.3 Å². The molecule has 0 spiro atoms. The third-order valence-corrected chi connectivity index (χ3v) is 2.72. The molecule has 0 aliphatic heterocycles. The fourth-order valence-electron chi connectivity index (χ4n) is 1.74. The Morgan fingerprint density at radius 2 is 1.81 bits per heavy atom. The number of rotatable bonds is 4. The van der Waals surface area contributed by atoms with Gasteiger partial charge in [-0.2, -0.15) is 0 Å². The van der Waals surface area contributed by atoms with Crippen LogP contribution in [-0.2, 0) is 4.79 Å². The second-order valence-corrected chi connectivity index (χ2v) is 4.40. The monoisotopic (exact) mass is 285 g/mol. The van der Waals surface area contributed by atoms with Gasteiger partial charge in [-0.3, -0.25) is 9.59 Å². The third kappa shape index (κ3) is 3.50. The smallest absolute Gasteiger partial charge is 0.248 e. The van der Waals surface area contributed by atoms with Crippen molar-refractivity contribution in [3.63, 3.8) is 0 Å². The number of carbonyl (C=O) groups excluding carboxylic acids is 2. The minimum Gasteiger partial charge on any atom is -0.453 e. The van der Waals surface area contributed by atoms with Gasteiger partial charge in [0.25, 0.3) is 0 Å². The fraction of sp³-hybridized carbons (Fsp3) is 0.0667. The normalized spacial score (nSPS) is 9.95. The fourth-order valence-corrected chi connectivity index (χ4v) is 1.74. The van der Waals surface area contributed by atoms with E-state index in [-0.39, 0.29) is 11.5 Å². The van der Waals surface area contributed by atoms with Crippen LogP contribution < -0.4 is 21.5 Å². The van der Waals surface area contributed by atoms with Gasteiger partial charge in [0.05, 0.1) is 11.4 Å². The number of benzene rings is 2. The number of carbonyl (C=O) groups is 2. The van der Waals surface area contributed by atoms with Crippen molar-refractivity contribution in [3.8, 4) is 11.5 Å². The highest BCUT2D eigenvalue weighted by molar-refractivity contribution is 5.94. The Labute approximate surface area is 121 Å². The molecule has 2 aromatic carbocycles. The molecule has 2 aromatic rings. The van der Waals surface area contributed by atoms with Gasteiger partial charge < -0.3 is 21.5 Å². The highest BCUT2D eigenvalue weighted by Crippen LogP contribution is 2.33. The van der Waals surface area contributed by atoms with Gasteiger partial charge in [0.1, 0.15) is 0 Å². The Balaban J connectivity index is 2.36. The summed E-state index contributed by atoms with van der Waals surface area (Å²) in [4.78, 5) is 22.4. The van der Waals surface area contributed by atoms with Gasteiger partial charge >= 0.3 is 0 Å². The molecular formula is C15H15N3O3. The van der Waals surface area contributed by atoms with E-state index in [0.29, 0.717) is 22.9 Å². The Morgan fingerprint density at radius 1 is 1.10 bits per heavy atom. The van der Waals surface area contributed by atoms with Crippen LogP contribution in [0, 0.1) is 0 Å². The summed E-state index contributed by atoms with van der Waals surface area (Å²) < 4.78 is 5.68. The standard InChI is InChI=1S/C15H15N3O3/c1-9(19)18-12-4-2-3-5-13(12)21-14-8-10(15(17)20)6-7-11(14)16/h2-8H,16H2,1H3,(H2,17,20)(H,18,19). The molecule has 0 aliphatic rings. The first kappa shape index (κ1) is 14.4. The van der Waals surface area contributed by atoms with E-state index in [4.69, 9.17) is 16.2 Å². The number of nitrogens with one attached hydrogen (secondary N) is 1. The van der Waals surface area contributed by atoms with Crippen molar-refractivity contribution in [2.24, 2.45) is 5.73 Å². The van der Waals surface area contributed by atoms with Gasteiger partial charge in [-0.15, -0.1) is 0 Å². The van der Waals surface area contributed by atoms with E-state index in [2.05, 4.69) is 5.32 Å². The first-order chi connectivity index (χ1) is 9.97. The minimum atomic E-state index is -0.574. The number of nitrogens with two attached hydrogens (primary N) is 2. The number of hydrogen-bond acceptors (Lipinski definition) is 4. The summed E-state index contributed by atoms with van der Waals surface area (Å²) >= 11 is 0. The van der Waals surface area contributed by atoms with Crippen molar-refractivity contribution in [1.82, 2.24) is 0 Å². The van der Waals surface area contributed by atoms with Crippen molar-refractivity contribution in [2.75, 3.05) is 11.1 Å². The molecule has 6 nitrogen and oxygen atoms in total. The Hall–Kier alpha value is -3.02. The molecule has 0 aromatic heterocycles. The molecule has 0 radical (unpaired) electrons. The van der Waals surface area contributed by atoms with Crippen LogP contribution in [0.5, 0.6) is 11.5 Å². The maximum Gasteiger partial charge on any atom is 0.248 e. The Morgan fingerprint density at radius 3 is 2.48 bits per heavy atom. The van der Waals surface area contributed by atoms with E-state index in [9.17, 15) is 9.59 Å².